The molecule has 1 atom stereocenters. The van der Waals surface area contributed by atoms with Crippen LogP contribution in [0.1, 0.15) is 37.6 Å². The molecule has 4 rings (SSSR count). The first-order chi connectivity index (χ1) is 17.7. The van der Waals surface area contributed by atoms with Gasteiger partial charge in [0, 0.05) is 28.7 Å². The first-order valence-corrected chi connectivity index (χ1v) is 12.3. The topological polar surface area (TPSA) is 101 Å². The first kappa shape index (κ1) is 25.8. The summed E-state index contributed by atoms with van der Waals surface area (Å²) < 4.78 is 12.1. The zero-order valence-corrected chi connectivity index (χ0v) is 21.3. The highest BCUT2D eigenvalue weighted by Gasteiger charge is 2.25. The quantitative estimate of drug-likeness (QED) is 0.239. The van der Waals surface area contributed by atoms with E-state index in [1.165, 1.54) is 0 Å². The number of rotatable bonds is 10. The Labute approximate surface area is 216 Å². The van der Waals surface area contributed by atoms with Gasteiger partial charge in [-0.25, -0.2) is 0 Å². The molecule has 0 aliphatic heterocycles. The van der Waals surface area contributed by atoms with Gasteiger partial charge >= 0.3 is 5.97 Å². The molecule has 1 unspecified atom stereocenters. The van der Waals surface area contributed by atoms with Gasteiger partial charge in [-0.15, -0.1) is 0 Å². The van der Waals surface area contributed by atoms with Crippen LogP contribution in [0.15, 0.2) is 83.3 Å². The smallest absolute Gasteiger partial charge is 0.305 e. The van der Waals surface area contributed by atoms with Crippen LogP contribution >= 0.6 is 0 Å². The maximum Gasteiger partial charge on any atom is 0.305 e. The number of benzene rings is 3. The van der Waals surface area contributed by atoms with Gasteiger partial charge < -0.3 is 24.9 Å². The molecular weight excluding hydrogens is 468 g/mol. The molecule has 0 saturated carbocycles. The molecule has 1 amide bonds. The van der Waals surface area contributed by atoms with E-state index in [0.29, 0.717) is 12.2 Å². The van der Waals surface area contributed by atoms with Crippen LogP contribution < -0.4 is 15.4 Å². The Kier molecular flexibility index (Phi) is 7.82. The molecule has 1 heterocycles. The van der Waals surface area contributed by atoms with E-state index in [1.807, 2.05) is 66.7 Å². The Balaban J connectivity index is 1.36. The lowest BCUT2D eigenvalue weighted by Gasteiger charge is -2.32. The summed E-state index contributed by atoms with van der Waals surface area (Å²) in [4.78, 5) is 22.8. The second kappa shape index (κ2) is 11.2. The van der Waals surface area contributed by atoms with Crippen molar-refractivity contribution in [2.24, 2.45) is 5.41 Å². The Morgan fingerprint density at radius 2 is 1.68 bits per heavy atom. The highest BCUT2D eigenvalue weighted by atomic mass is 16.5. The van der Waals surface area contributed by atoms with Gasteiger partial charge in [0.1, 0.15) is 23.7 Å². The number of amides is 1. The number of para-hydroxylation sites is 1. The first-order valence-electron chi connectivity index (χ1n) is 12.3. The second-order valence-electron chi connectivity index (χ2n) is 10.0. The Morgan fingerprint density at radius 1 is 0.973 bits per heavy atom. The fourth-order valence-electron chi connectivity index (χ4n) is 3.83. The number of ether oxygens (including phenoxy) is 1. The van der Waals surface area contributed by atoms with Gasteiger partial charge in [0.2, 0.25) is 0 Å². The van der Waals surface area contributed by atoms with Gasteiger partial charge in [-0.2, -0.15) is 0 Å². The van der Waals surface area contributed by atoms with E-state index in [1.54, 1.807) is 12.1 Å². The van der Waals surface area contributed by atoms with Crippen molar-refractivity contribution in [1.29, 1.82) is 0 Å². The maximum atomic E-state index is 12.2. The van der Waals surface area contributed by atoms with Crippen LogP contribution in [0.5, 0.6) is 5.75 Å². The maximum absolute atomic E-state index is 12.2. The number of aliphatic carboxylic acids is 1. The number of carbonyl (C=O) groups excluding carboxylic acids is 1. The molecule has 192 valence electrons. The van der Waals surface area contributed by atoms with Gasteiger partial charge in [0.25, 0.3) is 5.91 Å². The number of carboxylic acids is 1. The van der Waals surface area contributed by atoms with E-state index >= 15 is 0 Å². The lowest BCUT2D eigenvalue weighted by atomic mass is 9.87. The van der Waals surface area contributed by atoms with Crippen LogP contribution in [0.2, 0.25) is 0 Å². The Bertz CT molecular complexity index is 1320. The zero-order chi connectivity index (χ0) is 26.4. The van der Waals surface area contributed by atoms with Gasteiger partial charge in [0.05, 0.1) is 12.5 Å². The summed E-state index contributed by atoms with van der Waals surface area (Å²) in [5, 5.41) is 15.9. The zero-order valence-electron chi connectivity index (χ0n) is 21.3. The summed E-state index contributed by atoms with van der Waals surface area (Å²) in [7, 11) is 0. The fraction of sp³-hybridized carbons (Fsp3) is 0.267. The molecule has 0 aliphatic rings. The van der Waals surface area contributed by atoms with Crippen molar-refractivity contribution in [3.05, 3.63) is 84.4 Å². The second-order valence-corrected chi connectivity index (χ2v) is 10.0. The van der Waals surface area contributed by atoms with Crippen LogP contribution in [-0.2, 0) is 4.79 Å². The average Bonchev–Trinajstić information content (AvgIpc) is 3.30. The number of fused-ring (bicyclic) bond motifs is 1. The molecule has 0 fully saturated rings. The average molecular weight is 501 g/mol. The molecule has 3 aromatic carbocycles. The van der Waals surface area contributed by atoms with E-state index in [2.05, 4.69) is 31.4 Å². The van der Waals surface area contributed by atoms with Crippen molar-refractivity contribution in [3.8, 4) is 17.1 Å². The molecule has 0 bridgehead atoms. The minimum atomic E-state index is -0.947. The number of anilines is 1. The summed E-state index contributed by atoms with van der Waals surface area (Å²) in [6.45, 7) is 6.97. The molecule has 0 spiro atoms. The third-order valence-corrected chi connectivity index (χ3v) is 6.14. The number of furan rings is 1. The minimum absolute atomic E-state index is 0.00204. The molecule has 7 heteroatoms. The van der Waals surface area contributed by atoms with Crippen molar-refractivity contribution in [3.63, 3.8) is 0 Å². The highest BCUT2D eigenvalue weighted by molar-refractivity contribution is 5.94. The predicted molar refractivity (Wildman–Crippen MR) is 145 cm³/mol. The van der Waals surface area contributed by atoms with Crippen LogP contribution in [-0.4, -0.2) is 36.2 Å². The van der Waals surface area contributed by atoms with Crippen molar-refractivity contribution >= 4 is 28.5 Å². The van der Waals surface area contributed by atoms with Crippen molar-refractivity contribution in [1.82, 2.24) is 5.32 Å². The van der Waals surface area contributed by atoms with Gasteiger partial charge in [-0.05, 0) is 66.1 Å². The number of carboxylic acid groups (broad SMARTS) is 1. The van der Waals surface area contributed by atoms with Crippen LogP contribution in [0.25, 0.3) is 22.3 Å². The number of hydrogen-bond acceptors (Lipinski definition) is 5. The number of nitrogens with one attached hydrogen (secondary N) is 2. The van der Waals surface area contributed by atoms with Crippen LogP contribution in [0.4, 0.5) is 5.69 Å². The number of hydrogen-bond donors (Lipinski definition) is 3. The van der Waals surface area contributed by atoms with Gasteiger partial charge in [-0.3, -0.25) is 9.59 Å². The monoisotopic (exact) mass is 500 g/mol. The molecule has 0 saturated heterocycles. The SMILES string of the molecule is CC(C)(C)C(COc1ccc(-c2cc3ccccc3o2)cc1)Nc1ccc(C(=O)NCCC(=O)O)cc1. The van der Waals surface area contributed by atoms with Crippen LogP contribution in [0.3, 0.4) is 0 Å². The molecule has 3 N–H and O–H groups in total. The third-order valence-electron chi connectivity index (χ3n) is 6.14. The van der Waals surface area contributed by atoms with E-state index in [9.17, 15) is 9.59 Å². The number of carbonyl (C=O) groups is 2. The van der Waals surface area contributed by atoms with E-state index in [4.69, 9.17) is 14.3 Å². The van der Waals surface area contributed by atoms with Crippen molar-refractivity contribution in [2.45, 2.75) is 33.2 Å². The van der Waals surface area contributed by atoms with Crippen molar-refractivity contribution in [2.75, 3.05) is 18.5 Å². The minimum Gasteiger partial charge on any atom is -0.491 e. The summed E-state index contributed by atoms with van der Waals surface area (Å²) in [5.74, 6) is 0.345. The highest BCUT2D eigenvalue weighted by Crippen LogP contribution is 2.30. The molecular formula is C30H32N2O5. The Morgan fingerprint density at radius 3 is 2.32 bits per heavy atom. The predicted octanol–water partition coefficient (Wildman–Crippen LogP) is 6.21. The molecule has 1 aromatic heterocycles. The van der Waals surface area contributed by atoms with Crippen molar-refractivity contribution < 1.29 is 23.8 Å². The Hall–Kier alpha value is -4.26. The molecule has 4 aromatic rings. The largest absolute Gasteiger partial charge is 0.491 e. The normalized spacial score (nSPS) is 12.2. The fourth-order valence-corrected chi connectivity index (χ4v) is 3.83. The summed E-state index contributed by atoms with van der Waals surface area (Å²) >= 11 is 0. The molecule has 7 nitrogen and oxygen atoms in total. The summed E-state index contributed by atoms with van der Waals surface area (Å²) in [6.07, 6.45) is -0.110. The van der Waals surface area contributed by atoms with Gasteiger partial charge in [-0.1, -0.05) is 39.0 Å². The molecule has 0 aliphatic carbocycles. The van der Waals surface area contributed by atoms with E-state index in [0.717, 1.165) is 33.7 Å². The molecule has 0 radical (unpaired) electrons. The summed E-state index contributed by atoms with van der Waals surface area (Å²) in [6, 6.07) is 25.0. The van der Waals surface area contributed by atoms with Crippen LogP contribution in [0, 0.1) is 5.41 Å². The van der Waals surface area contributed by atoms with Gasteiger partial charge in [0.15, 0.2) is 0 Å². The molecule has 37 heavy (non-hydrogen) atoms. The lowest BCUT2D eigenvalue weighted by Crippen LogP contribution is -2.39. The van der Waals surface area contributed by atoms with E-state index in [-0.39, 0.29) is 30.3 Å². The summed E-state index contributed by atoms with van der Waals surface area (Å²) in [5.41, 5.74) is 3.10. The lowest BCUT2D eigenvalue weighted by molar-refractivity contribution is -0.136. The standard InChI is InChI=1S/C30H32N2O5/c1-30(2,3)27(32-23-12-8-21(9-13-23)29(35)31-17-16-28(33)34)19-36-24-14-10-20(11-15-24)26-18-22-6-4-5-7-25(22)37-26/h4-15,18,27,32H,16-17,19H2,1-3H3,(H,31,35)(H,33,34). The third kappa shape index (κ3) is 6.91. The van der Waals surface area contributed by atoms with E-state index < -0.39 is 5.97 Å².